The van der Waals surface area contributed by atoms with Crippen molar-refractivity contribution in [2.24, 2.45) is 0 Å². The molecule has 0 aliphatic carbocycles. The van der Waals surface area contributed by atoms with Gasteiger partial charge in [0.2, 0.25) is 11.8 Å². The number of rotatable bonds is 13. The highest BCUT2D eigenvalue weighted by molar-refractivity contribution is 7.56. The van der Waals surface area contributed by atoms with E-state index in [0.717, 1.165) is 5.56 Å². The third-order valence-electron chi connectivity index (χ3n) is 5.17. The fourth-order valence-electron chi connectivity index (χ4n) is 3.40. The molecule has 3 N–H and O–H groups in total. The summed E-state index contributed by atoms with van der Waals surface area (Å²) < 4.78 is 33.6. The molecule has 184 valence electrons. The Morgan fingerprint density at radius 2 is 2.03 bits per heavy atom. The van der Waals surface area contributed by atoms with Gasteiger partial charge in [0.05, 0.1) is 26.7 Å². The van der Waals surface area contributed by atoms with Crippen molar-refractivity contribution in [3.05, 3.63) is 42.2 Å². The summed E-state index contributed by atoms with van der Waals surface area (Å²) in [5, 5.41) is 9.49. The molecule has 34 heavy (non-hydrogen) atoms. The molecule has 2 heterocycles. The van der Waals surface area contributed by atoms with Gasteiger partial charge in [-0.25, -0.2) is 9.65 Å². The molecule has 1 aromatic carbocycles. The first-order valence-corrected chi connectivity index (χ1v) is 12.4. The molecule has 3 aromatic rings. The Morgan fingerprint density at radius 3 is 2.68 bits per heavy atom. The highest BCUT2D eigenvalue weighted by Crippen LogP contribution is 2.52. The first-order valence-electron chi connectivity index (χ1n) is 10.7. The molecule has 0 amide bonds. The number of nitrogen functional groups attached to an aromatic ring is 1. The maximum Gasteiger partial charge on any atom is 0.321 e. The van der Waals surface area contributed by atoms with Crippen molar-refractivity contribution < 1.29 is 28.5 Å². The number of carboxylic acid groups (broad SMARTS) is 1. The van der Waals surface area contributed by atoms with Crippen molar-refractivity contribution in [3.63, 3.8) is 0 Å². The number of fused-ring (bicyclic) bond motifs is 1. The van der Waals surface area contributed by atoms with Crippen LogP contribution in [0.3, 0.4) is 0 Å². The molecule has 12 nitrogen and oxygen atoms in total. The Hall–Kier alpha value is -3.05. The fraction of sp³-hybridized carbons (Fsp3) is 0.429. The summed E-state index contributed by atoms with van der Waals surface area (Å²) in [6, 6.07) is 8.23. The van der Waals surface area contributed by atoms with E-state index < -0.39 is 19.5 Å². The number of carboxylic acids is 1. The number of carbonyl (C=O) groups is 1. The third kappa shape index (κ3) is 5.89. The molecule has 0 saturated carbocycles. The van der Waals surface area contributed by atoms with E-state index in [-0.39, 0.29) is 37.9 Å². The van der Waals surface area contributed by atoms with E-state index in [0.29, 0.717) is 17.7 Å². The molecule has 0 saturated heterocycles. The number of nitrogens with zero attached hydrogens (tertiary/aromatic N) is 5. The van der Waals surface area contributed by atoms with Crippen LogP contribution in [0.2, 0.25) is 0 Å². The van der Waals surface area contributed by atoms with Gasteiger partial charge in [0.1, 0.15) is 12.4 Å². The summed E-state index contributed by atoms with van der Waals surface area (Å²) in [5.74, 6) is -0.782. The second-order valence-corrected chi connectivity index (χ2v) is 9.71. The number of methoxy groups -OCH3 is 1. The van der Waals surface area contributed by atoms with Gasteiger partial charge in [0, 0.05) is 13.1 Å². The van der Waals surface area contributed by atoms with Crippen LogP contribution in [0.25, 0.3) is 11.2 Å². The maximum atomic E-state index is 13.8. The van der Waals surface area contributed by atoms with Crippen molar-refractivity contribution in [1.29, 1.82) is 0 Å². The summed E-state index contributed by atoms with van der Waals surface area (Å²) in [7, 11) is -2.17. The average Bonchev–Trinajstić information content (AvgIpc) is 3.23. The zero-order valence-corrected chi connectivity index (χ0v) is 20.2. The van der Waals surface area contributed by atoms with Gasteiger partial charge >= 0.3 is 5.97 Å². The molecule has 13 heteroatoms. The van der Waals surface area contributed by atoms with Crippen LogP contribution in [0.5, 0.6) is 5.88 Å². The van der Waals surface area contributed by atoms with E-state index in [1.54, 1.807) is 17.8 Å². The number of nitrogens with two attached hydrogens (primary N) is 1. The smallest absolute Gasteiger partial charge is 0.321 e. The van der Waals surface area contributed by atoms with Crippen LogP contribution in [0.4, 0.5) is 5.95 Å². The number of hydrogen-bond donors (Lipinski definition) is 2. The van der Waals surface area contributed by atoms with Crippen LogP contribution in [0.15, 0.2) is 36.7 Å². The topological polar surface area (TPSA) is 155 Å². The third-order valence-corrected chi connectivity index (χ3v) is 7.62. The minimum Gasteiger partial charge on any atom is -0.480 e. The van der Waals surface area contributed by atoms with E-state index in [1.807, 2.05) is 30.3 Å². The average molecular weight is 492 g/mol. The molecule has 0 aliphatic heterocycles. The zero-order valence-electron chi connectivity index (χ0n) is 19.3. The van der Waals surface area contributed by atoms with Crippen LogP contribution in [-0.4, -0.2) is 67.9 Å². The summed E-state index contributed by atoms with van der Waals surface area (Å²) in [5.41, 5.74) is 7.50. The predicted molar refractivity (Wildman–Crippen MR) is 125 cm³/mol. The van der Waals surface area contributed by atoms with Crippen molar-refractivity contribution in [2.45, 2.75) is 33.0 Å². The quantitative estimate of drug-likeness (QED) is 0.267. The van der Waals surface area contributed by atoms with Crippen LogP contribution in [0, 0.1) is 0 Å². The fourth-order valence-corrected chi connectivity index (χ4v) is 5.54. The number of hydrogen-bond acceptors (Lipinski definition) is 9. The largest absolute Gasteiger partial charge is 0.480 e. The van der Waals surface area contributed by atoms with Crippen molar-refractivity contribution >= 4 is 30.6 Å². The van der Waals surface area contributed by atoms with Crippen LogP contribution in [0.1, 0.15) is 19.4 Å². The number of aromatic nitrogens is 4. The monoisotopic (exact) mass is 492 g/mol. The van der Waals surface area contributed by atoms with Gasteiger partial charge in [0.25, 0.3) is 7.52 Å². The molecule has 0 unspecified atom stereocenters. The Kier molecular flexibility index (Phi) is 8.56. The van der Waals surface area contributed by atoms with Crippen LogP contribution >= 0.6 is 7.52 Å². The first-order chi connectivity index (χ1) is 16.3. The highest BCUT2D eigenvalue weighted by atomic mass is 31.2. The molecule has 3 rings (SSSR count). The summed E-state index contributed by atoms with van der Waals surface area (Å²) >= 11 is 0. The molecule has 0 radical (unpaired) electrons. The number of likely N-dealkylation sites (N-methyl/N-ethyl adjacent to an activating group) is 1. The molecule has 2 atom stereocenters. The van der Waals surface area contributed by atoms with E-state index >= 15 is 0 Å². The van der Waals surface area contributed by atoms with Crippen LogP contribution in [-0.2, 0) is 31.8 Å². The summed E-state index contributed by atoms with van der Waals surface area (Å²) in [4.78, 5) is 24.1. The Balaban J connectivity index is 1.71. The number of imidazole rings is 1. The number of ether oxygens (including phenoxy) is 2. The lowest BCUT2D eigenvalue weighted by Crippen LogP contribution is -2.38. The van der Waals surface area contributed by atoms with Crippen molar-refractivity contribution in [3.8, 4) is 5.88 Å². The molecule has 0 spiro atoms. The minimum absolute atomic E-state index is 0.0482. The lowest BCUT2D eigenvalue weighted by atomic mass is 10.2. The molecule has 0 bridgehead atoms. The maximum absolute atomic E-state index is 13.8. The molecule has 0 fully saturated rings. The molecular formula is C21H29N6O6P. The predicted octanol–water partition coefficient (Wildman–Crippen LogP) is 2.60. The number of anilines is 1. The van der Waals surface area contributed by atoms with Gasteiger partial charge in [-0.2, -0.15) is 9.97 Å². The summed E-state index contributed by atoms with van der Waals surface area (Å²) in [6.45, 7) is 3.95. The van der Waals surface area contributed by atoms with Gasteiger partial charge < -0.3 is 29.4 Å². The van der Waals surface area contributed by atoms with Gasteiger partial charge in [-0.1, -0.05) is 37.3 Å². The van der Waals surface area contributed by atoms with E-state index in [1.165, 1.54) is 18.7 Å². The molecular weight excluding hydrogens is 463 g/mol. The van der Waals surface area contributed by atoms with Gasteiger partial charge in [-0.15, -0.1) is 0 Å². The van der Waals surface area contributed by atoms with Crippen molar-refractivity contribution in [1.82, 2.24) is 24.2 Å². The molecule has 2 aromatic heterocycles. The van der Waals surface area contributed by atoms with Gasteiger partial charge in [0.15, 0.2) is 11.2 Å². The SMILES string of the molecule is CCN([C@@H](C)C(=O)O)[P@@](=O)(COCCn1cnc2c(OC)nc(N)nc21)OCc1ccccc1. The zero-order chi connectivity index (χ0) is 24.7. The first kappa shape index (κ1) is 25.6. The van der Waals surface area contributed by atoms with E-state index in [2.05, 4.69) is 15.0 Å². The molecule has 0 aliphatic rings. The van der Waals surface area contributed by atoms with Gasteiger partial charge in [-0.05, 0) is 12.5 Å². The second-order valence-electron chi connectivity index (χ2n) is 7.41. The Labute approximate surface area is 197 Å². The second kappa shape index (κ2) is 11.4. The number of aliphatic carboxylic acids is 1. The normalized spacial score (nSPS) is 14.2. The van der Waals surface area contributed by atoms with Crippen molar-refractivity contribution in [2.75, 3.05) is 32.3 Å². The standard InChI is InChI=1S/C21H29N6O6P/c1-4-27(15(2)20(28)29)34(30,33-12-16-8-6-5-7-9-16)14-32-11-10-26-13-23-17-18(26)24-21(22)25-19(17)31-3/h5-9,13,15H,4,10-12,14H2,1-3H3,(H,28,29)(H2,22,24,25)/t15-,34+/m0/s1. The highest BCUT2D eigenvalue weighted by Gasteiger charge is 2.37. The Morgan fingerprint density at radius 1 is 1.29 bits per heavy atom. The lowest BCUT2D eigenvalue weighted by Gasteiger charge is -2.32. The van der Waals surface area contributed by atoms with E-state index in [9.17, 15) is 14.5 Å². The number of benzene rings is 1. The minimum atomic E-state index is -3.64. The van der Waals surface area contributed by atoms with Crippen LogP contribution < -0.4 is 10.5 Å². The summed E-state index contributed by atoms with van der Waals surface area (Å²) in [6.07, 6.45) is 1.28. The Bertz CT molecular complexity index is 1160. The lowest BCUT2D eigenvalue weighted by molar-refractivity contribution is -0.141. The van der Waals surface area contributed by atoms with E-state index in [4.69, 9.17) is 19.7 Å². The van der Waals surface area contributed by atoms with Gasteiger partial charge in [-0.3, -0.25) is 9.36 Å².